The molecule has 1 radical (unpaired) electrons. The van der Waals surface area contributed by atoms with Crippen LogP contribution in [-0.4, -0.2) is 5.97 Å². The molecule has 2 heteroatoms. The van der Waals surface area contributed by atoms with E-state index in [1.165, 1.54) is 12.8 Å². The molecule has 0 aliphatic heterocycles. The molecule has 0 heterocycles. The minimum Gasteiger partial charge on any atom is -0.247 e. The lowest BCUT2D eigenvalue weighted by Crippen LogP contribution is -1.91. The van der Waals surface area contributed by atoms with Crippen molar-refractivity contribution in [3.8, 4) is 0 Å². The predicted octanol–water partition coefficient (Wildman–Crippen LogP) is 1.52. The average molecular weight is 127 g/mol. The Labute approximate surface area is 54.9 Å². The number of hydrogen-bond acceptors (Lipinski definition) is 1. The SMILES string of the molecule is [O]C(=O)CCCC1CC1. The van der Waals surface area contributed by atoms with E-state index < -0.39 is 5.97 Å². The Bertz CT molecular complexity index is 105. The zero-order valence-corrected chi connectivity index (χ0v) is 5.43. The Morgan fingerprint density at radius 3 is 2.56 bits per heavy atom. The smallest absolute Gasteiger partial charge is 0.247 e. The molecule has 0 atom stereocenters. The summed E-state index contributed by atoms with van der Waals surface area (Å²) in [7, 11) is 0. The molecule has 1 rings (SSSR count). The summed E-state index contributed by atoms with van der Waals surface area (Å²) in [5, 5.41) is 9.89. The summed E-state index contributed by atoms with van der Waals surface area (Å²) in [4.78, 5) is 9.89. The van der Waals surface area contributed by atoms with E-state index in [0.29, 0.717) is 0 Å². The van der Waals surface area contributed by atoms with Gasteiger partial charge in [0, 0.05) is 0 Å². The zero-order valence-electron chi connectivity index (χ0n) is 5.43. The van der Waals surface area contributed by atoms with Crippen molar-refractivity contribution in [1.29, 1.82) is 0 Å². The highest BCUT2D eigenvalue weighted by Crippen LogP contribution is 2.33. The number of carbonyl (C=O) groups is 1. The fraction of sp³-hybridized carbons (Fsp3) is 0.857. The van der Waals surface area contributed by atoms with Crippen LogP contribution in [0.5, 0.6) is 0 Å². The second-order valence-electron chi connectivity index (χ2n) is 2.71. The van der Waals surface area contributed by atoms with Crippen LogP contribution in [-0.2, 0) is 9.90 Å². The van der Waals surface area contributed by atoms with E-state index in [1.54, 1.807) is 0 Å². The van der Waals surface area contributed by atoms with Crippen molar-refractivity contribution in [3.63, 3.8) is 0 Å². The lowest BCUT2D eigenvalue weighted by Gasteiger charge is -1.90. The molecule has 0 aromatic carbocycles. The molecule has 1 fully saturated rings. The van der Waals surface area contributed by atoms with Crippen molar-refractivity contribution in [2.75, 3.05) is 0 Å². The molecule has 0 spiro atoms. The fourth-order valence-corrected chi connectivity index (χ4v) is 0.942. The molecule has 0 bridgehead atoms. The van der Waals surface area contributed by atoms with E-state index in [2.05, 4.69) is 0 Å². The standard InChI is InChI=1S/C7H11O2/c8-7(9)3-1-2-6-4-5-6/h6H,1-5H2. The van der Waals surface area contributed by atoms with Crippen LogP contribution in [0, 0.1) is 5.92 Å². The van der Waals surface area contributed by atoms with E-state index in [4.69, 9.17) is 0 Å². The van der Waals surface area contributed by atoms with Gasteiger partial charge in [-0.2, -0.15) is 0 Å². The van der Waals surface area contributed by atoms with E-state index in [0.717, 1.165) is 18.8 Å². The van der Waals surface area contributed by atoms with Crippen LogP contribution in [0.15, 0.2) is 0 Å². The van der Waals surface area contributed by atoms with Gasteiger partial charge in [0.05, 0.1) is 6.42 Å². The summed E-state index contributed by atoms with van der Waals surface area (Å²) in [5.41, 5.74) is 0. The molecule has 1 aliphatic rings. The second kappa shape index (κ2) is 2.85. The van der Waals surface area contributed by atoms with Gasteiger partial charge in [0.1, 0.15) is 0 Å². The van der Waals surface area contributed by atoms with Gasteiger partial charge >= 0.3 is 5.97 Å². The Kier molecular flexibility index (Phi) is 2.09. The third-order valence-corrected chi connectivity index (χ3v) is 1.69. The highest BCUT2D eigenvalue weighted by atomic mass is 16.4. The summed E-state index contributed by atoms with van der Waals surface area (Å²) in [6.07, 6.45) is 4.78. The maximum Gasteiger partial charge on any atom is 0.355 e. The molecule has 9 heavy (non-hydrogen) atoms. The van der Waals surface area contributed by atoms with E-state index >= 15 is 0 Å². The van der Waals surface area contributed by atoms with Gasteiger partial charge in [0.25, 0.3) is 0 Å². The molecule has 0 amide bonds. The Balaban J connectivity index is 1.86. The maximum atomic E-state index is 9.89. The van der Waals surface area contributed by atoms with Crippen molar-refractivity contribution >= 4 is 5.97 Å². The van der Waals surface area contributed by atoms with Gasteiger partial charge in [-0.1, -0.05) is 12.8 Å². The van der Waals surface area contributed by atoms with Gasteiger partial charge in [-0.25, -0.2) is 9.90 Å². The largest absolute Gasteiger partial charge is 0.355 e. The summed E-state index contributed by atoms with van der Waals surface area (Å²) in [5.74, 6) is -0.0556. The molecule has 1 saturated carbocycles. The van der Waals surface area contributed by atoms with Crippen molar-refractivity contribution in [2.45, 2.75) is 32.1 Å². The topological polar surface area (TPSA) is 37.0 Å². The highest BCUT2D eigenvalue weighted by molar-refractivity contribution is 5.66. The third-order valence-electron chi connectivity index (χ3n) is 1.69. The van der Waals surface area contributed by atoms with Crippen molar-refractivity contribution < 1.29 is 9.90 Å². The van der Waals surface area contributed by atoms with Crippen molar-refractivity contribution in [3.05, 3.63) is 0 Å². The molecule has 0 saturated heterocycles. The van der Waals surface area contributed by atoms with Gasteiger partial charge in [-0.05, 0) is 18.8 Å². The number of hydrogen-bond donors (Lipinski definition) is 0. The van der Waals surface area contributed by atoms with Gasteiger partial charge in [-0.3, -0.25) is 0 Å². The first-order valence-electron chi connectivity index (χ1n) is 3.49. The molecule has 51 valence electrons. The Hall–Kier alpha value is -0.530. The summed E-state index contributed by atoms with van der Waals surface area (Å²) in [6.45, 7) is 0. The Morgan fingerprint density at radius 1 is 1.44 bits per heavy atom. The lowest BCUT2D eigenvalue weighted by molar-refractivity contribution is -0.143. The number of rotatable bonds is 4. The van der Waals surface area contributed by atoms with Gasteiger partial charge in [0.15, 0.2) is 0 Å². The first-order chi connectivity index (χ1) is 4.29. The molecule has 2 nitrogen and oxygen atoms in total. The van der Waals surface area contributed by atoms with Crippen LogP contribution in [0.2, 0.25) is 0 Å². The van der Waals surface area contributed by atoms with E-state index in [9.17, 15) is 9.90 Å². The first-order valence-corrected chi connectivity index (χ1v) is 3.49. The van der Waals surface area contributed by atoms with Crippen LogP contribution in [0.25, 0.3) is 0 Å². The van der Waals surface area contributed by atoms with Gasteiger partial charge < -0.3 is 0 Å². The molecular formula is C7H11O2. The summed E-state index contributed by atoms with van der Waals surface area (Å²) >= 11 is 0. The average Bonchev–Trinajstić information content (AvgIpc) is 2.48. The highest BCUT2D eigenvalue weighted by Gasteiger charge is 2.20. The Morgan fingerprint density at radius 2 is 2.11 bits per heavy atom. The minimum absolute atomic E-state index is 0.247. The van der Waals surface area contributed by atoms with Crippen molar-refractivity contribution in [1.82, 2.24) is 0 Å². The molecule has 0 aromatic heterocycles. The monoisotopic (exact) mass is 127 g/mol. The molecule has 0 aromatic rings. The predicted molar refractivity (Wildman–Crippen MR) is 32.3 cm³/mol. The normalized spacial score (nSPS) is 17.8. The van der Waals surface area contributed by atoms with Crippen LogP contribution in [0.1, 0.15) is 32.1 Å². The summed E-state index contributed by atoms with van der Waals surface area (Å²) in [6, 6.07) is 0. The van der Waals surface area contributed by atoms with E-state index in [1.807, 2.05) is 0 Å². The minimum atomic E-state index is -0.907. The lowest BCUT2D eigenvalue weighted by atomic mass is 10.2. The van der Waals surface area contributed by atoms with Gasteiger partial charge in [-0.15, -0.1) is 0 Å². The van der Waals surface area contributed by atoms with Crippen LogP contribution >= 0.6 is 0 Å². The molecule has 1 aliphatic carbocycles. The molecule has 0 N–H and O–H groups in total. The van der Waals surface area contributed by atoms with E-state index in [-0.39, 0.29) is 6.42 Å². The summed E-state index contributed by atoms with van der Waals surface area (Å²) < 4.78 is 0. The fourth-order valence-electron chi connectivity index (χ4n) is 0.942. The maximum absolute atomic E-state index is 9.89. The van der Waals surface area contributed by atoms with Gasteiger partial charge in [0.2, 0.25) is 0 Å². The van der Waals surface area contributed by atoms with Crippen molar-refractivity contribution in [2.24, 2.45) is 5.92 Å². The first kappa shape index (κ1) is 6.59. The third kappa shape index (κ3) is 3.12. The second-order valence-corrected chi connectivity index (χ2v) is 2.71. The zero-order chi connectivity index (χ0) is 6.69. The molecule has 0 unspecified atom stereocenters. The number of carbonyl (C=O) groups excluding carboxylic acids is 1. The van der Waals surface area contributed by atoms with Crippen LogP contribution in [0.3, 0.4) is 0 Å². The van der Waals surface area contributed by atoms with Crippen LogP contribution in [0.4, 0.5) is 0 Å². The quantitative estimate of drug-likeness (QED) is 0.564. The molecular weight excluding hydrogens is 116 g/mol. The van der Waals surface area contributed by atoms with Crippen LogP contribution < -0.4 is 0 Å².